The van der Waals surface area contributed by atoms with Gasteiger partial charge >= 0.3 is 11.9 Å². The third-order valence-electron chi connectivity index (χ3n) is 3.55. The van der Waals surface area contributed by atoms with Crippen LogP contribution in [0.4, 0.5) is 5.69 Å². The Labute approximate surface area is 162 Å². The highest BCUT2D eigenvalue weighted by Crippen LogP contribution is 2.26. The predicted molar refractivity (Wildman–Crippen MR) is 100 cm³/mol. The quantitative estimate of drug-likeness (QED) is 0.651. The van der Waals surface area contributed by atoms with E-state index in [1.807, 2.05) is 0 Å². The summed E-state index contributed by atoms with van der Waals surface area (Å²) in [7, 11) is -2.95. The number of hydrogen-bond donors (Lipinski definition) is 0. The van der Waals surface area contributed by atoms with Gasteiger partial charge in [0.1, 0.15) is 6.54 Å². The van der Waals surface area contributed by atoms with Crippen molar-refractivity contribution >= 4 is 39.3 Å². The Hall–Kier alpha value is -2.58. The van der Waals surface area contributed by atoms with Gasteiger partial charge in [0.15, 0.2) is 0 Å². The molecular weight excluding hydrogens is 394 g/mol. The van der Waals surface area contributed by atoms with E-state index >= 15 is 0 Å². The van der Waals surface area contributed by atoms with Gasteiger partial charge in [-0.05, 0) is 49.4 Å². The number of esters is 2. The summed E-state index contributed by atoms with van der Waals surface area (Å²) >= 11 is 5.82. The fraction of sp³-hybridized carbons (Fsp3) is 0.222. The van der Waals surface area contributed by atoms with Crippen LogP contribution in [-0.2, 0) is 24.3 Å². The minimum Gasteiger partial charge on any atom is -0.468 e. The van der Waals surface area contributed by atoms with Gasteiger partial charge in [-0.1, -0.05) is 17.7 Å². The number of methoxy groups -OCH3 is 1. The first kappa shape index (κ1) is 20.7. The Morgan fingerprint density at radius 3 is 2.37 bits per heavy atom. The van der Waals surface area contributed by atoms with Crippen LogP contribution in [0.25, 0.3) is 0 Å². The first-order valence-corrected chi connectivity index (χ1v) is 9.73. The van der Waals surface area contributed by atoms with Crippen molar-refractivity contribution in [2.24, 2.45) is 0 Å². The molecule has 0 amide bonds. The molecule has 27 heavy (non-hydrogen) atoms. The van der Waals surface area contributed by atoms with Gasteiger partial charge in [0.05, 0.1) is 29.9 Å². The van der Waals surface area contributed by atoms with Crippen LogP contribution < -0.4 is 4.31 Å². The highest BCUT2D eigenvalue weighted by molar-refractivity contribution is 7.92. The van der Waals surface area contributed by atoms with Gasteiger partial charge < -0.3 is 9.47 Å². The first-order valence-electron chi connectivity index (χ1n) is 7.92. The minimum atomic E-state index is -4.11. The van der Waals surface area contributed by atoms with Crippen LogP contribution in [-0.4, -0.2) is 40.6 Å². The molecule has 0 aromatic heterocycles. The number of carbonyl (C=O) groups is 2. The molecule has 0 fully saturated rings. The Bertz CT molecular complexity index is 927. The number of anilines is 1. The largest absolute Gasteiger partial charge is 0.468 e. The zero-order valence-corrected chi connectivity index (χ0v) is 16.3. The fourth-order valence-electron chi connectivity index (χ4n) is 2.23. The van der Waals surface area contributed by atoms with Gasteiger partial charge in [-0.15, -0.1) is 0 Å². The topological polar surface area (TPSA) is 90.0 Å². The first-order chi connectivity index (χ1) is 12.8. The van der Waals surface area contributed by atoms with Crippen molar-refractivity contribution in [3.63, 3.8) is 0 Å². The SMILES string of the molecule is CCOC(=O)c1cccc(N(CC(=O)OC)S(=O)(=O)c2ccc(Cl)cc2)c1. The lowest BCUT2D eigenvalue weighted by atomic mass is 10.2. The molecular formula is C18H18ClNO6S. The van der Waals surface area contributed by atoms with Crippen molar-refractivity contribution in [3.05, 3.63) is 59.1 Å². The molecule has 0 saturated carbocycles. The molecule has 0 saturated heterocycles. The smallest absolute Gasteiger partial charge is 0.338 e. The molecule has 0 unspecified atom stereocenters. The summed E-state index contributed by atoms with van der Waals surface area (Å²) in [6.07, 6.45) is 0. The van der Waals surface area contributed by atoms with Crippen LogP contribution in [0.2, 0.25) is 5.02 Å². The van der Waals surface area contributed by atoms with Crippen molar-refractivity contribution in [2.75, 3.05) is 24.6 Å². The van der Waals surface area contributed by atoms with Crippen molar-refractivity contribution in [3.8, 4) is 0 Å². The van der Waals surface area contributed by atoms with Crippen molar-refractivity contribution in [1.82, 2.24) is 0 Å². The number of rotatable bonds is 7. The maximum absolute atomic E-state index is 13.1. The van der Waals surface area contributed by atoms with E-state index in [4.69, 9.17) is 16.3 Å². The molecule has 9 heteroatoms. The summed E-state index contributed by atoms with van der Waals surface area (Å²) < 4.78 is 36.5. The minimum absolute atomic E-state index is 0.0580. The molecule has 0 aliphatic rings. The summed E-state index contributed by atoms with van der Waals surface area (Å²) in [4.78, 5) is 23.7. The highest BCUT2D eigenvalue weighted by atomic mass is 35.5. The van der Waals surface area contributed by atoms with E-state index in [0.29, 0.717) is 5.02 Å². The molecule has 0 aliphatic heterocycles. The average molecular weight is 412 g/mol. The third kappa shape index (κ3) is 4.99. The van der Waals surface area contributed by atoms with Crippen LogP contribution in [0.15, 0.2) is 53.4 Å². The van der Waals surface area contributed by atoms with E-state index in [1.165, 1.54) is 48.5 Å². The van der Waals surface area contributed by atoms with E-state index in [9.17, 15) is 18.0 Å². The normalized spacial score (nSPS) is 10.9. The maximum atomic E-state index is 13.1. The molecule has 0 heterocycles. The van der Waals surface area contributed by atoms with Gasteiger partial charge in [-0.25, -0.2) is 13.2 Å². The Kier molecular flexibility index (Phi) is 6.81. The average Bonchev–Trinajstić information content (AvgIpc) is 2.66. The Morgan fingerprint density at radius 2 is 1.78 bits per heavy atom. The zero-order chi connectivity index (χ0) is 20.0. The lowest BCUT2D eigenvalue weighted by Gasteiger charge is -2.23. The summed E-state index contributed by atoms with van der Waals surface area (Å²) in [5.74, 6) is -1.35. The van der Waals surface area contributed by atoms with Crippen molar-refractivity contribution in [1.29, 1.82) is 0 Å². The highest BCUT2D eigenvalue weighted by Gasteiger charge is 2.28. The molecule has 0 aliphatic carbocycles. The number of hydrogen-bond acceptors (Lipinski definition) is 6. The predicted octanol–water partition coefficient (Wildman–Crippen LogP) is 2.89. The molecule has 0 spiro atoms. The third-order valence-corrected chi connectivity index (χ3v) is 5.59. The van der Waals surface area contributed by atoms with Crippen LogP contribution in [0.5, 0.6) is 0 Å². The van der Waals surface area contributed by atoms with E-state index in [1.54, 1.807) is 6.92 Å². The second kappa shape index (κ2) is 8.88. The van der Waals surface area contributed by atoms with Gasteiger partial charge in [-0.3, -0.25) is 9.10 Å². The van der Waals surface area contributed by atoms with Crippen LogP contribution in [0, 0.1) is 0 Å². The lowest BCUT2D eigenvalue weighted by Crippen LogP contribution is -2.36. The van der Waals surface area contributed by atoms with Gasteiger partial charge in [0.2, 0.25) is 0 Å². The molecule has 144 valence electrons. The summed E-state index contributed by atoms with van der Waals surface area (Å²) in [5.41, 5.74) is 0.288. The number of nitrogens with zero attached hydrogens (tertiary/aromatic N) is 1. The van der Waals surface area contributed by atoms with E-state index in [2.05, 4.69) is 4.74 Å². The summed E-state index contributed by atoms with van der Waals surface area (Å²) in [6.45, 7) is 1.28. The van der Waals surface area contributed by atoms with Gasteiger partial charge in [0, 0.05) is 5.02 Å². The second-order valence-corrected chi connectivity index (χ2v) is 7.61. The molecule has 0 atom stereocenters. The molecule has 7 nitrogen and oxygen atoms in total. The molecule has 2 rings (SSSR count). The number of sulfonamides is 1. The van der Waals surface area contributed by atoms with Crippen LogP contribution >= 0.6 is 11.6 Å². The Balaban J connectivity index is 2.52. The standard InChI is InChI=1S/C18H18ClNO6S/c1-3-26-18(22)13-5-4-6-15(11-13)20(12-17(21)25-2)27(23,24)16-9-7-14(19)8-10-16/h4-11H,3,12H2,1-2H3. The van der Waals surface area contributed by atoms with Gasteiger partial charge in [0.25, 0.3) is 10.0 Å². The number of carbonyl (C=O) groups excluding carboxylic acids is 2. The van der Waals surface area contributed by atoms with E-state index < -0.39 is 28.5 Å². The van der Waals surface area contributed by atoms with Crippen LogP contribution in [0.3, 0.4) is 0 Å². The molecule has 0 bridgehead atoms. The molecule has 0 radical (unpaired) electrons. The van der Waals surface area contributed by atoms with Crippen molar-refractivity contribution in [2.45, 2.75) is 11.8 Å². The Morgan fingerprint density at radius 1 is 1.11 bits per heavy atom. The second-order valence-electron chi connectivity index (χ2n) is 5.31. The van der Waals surface area contributed by atoms with Gasteiger partial charge in [-0.2, -0.15) is 0 Å². The lowest BCUT2D eigenvalue weighted by molar-refractivity contribution is -0.138. The number of halogens is 1. The zero-order valence-electron chi connectivity index (χ0n) is 14.7. The number of benzene rings is 2. The van der Waals surface area contributed by atoms with E-state index in [0.717, 1.165) is 11.4 Å². The molecule has 2 aromatic carbocycles. The molecule has 0 N–H and O–H groups in total. The fourth-order valence-corrected chi connectivity index (χ4v) is 3.76. The summed E-state index contributed by atoms with van der Waals surface area (Å²) in [5, 5.41) is 0.373. The summed E-state index contributed by atoms with van der Waals surface area (Å²) in [6, 6.07) is 11.3. The maximum Gasteiger partial charge on any atom is 0.338 e. The number of ether oxygens (including phenoxy) is 2. The molecule has 2 aromatic rings. The van der Waals surface area contributed by atoms with Crippen molar-refractivity contribution < 1.29 is 27.5 Å². The van der Waals surface area contributed by atoms with Crippen LogP contribution in [0.1, 0.15) is 17.3 Å². The monoisotopic (exact) mass is 411 g/mol. The van der Waals surface area contributed by atoms with E-state index in [-0.39, 0.29) is 22.8 Å².